The second-order valence-corrected chi connectivity index (χ2v) is 2.74. The molecule has 0 heterocycles. The predicted octanol–water partition coefficient (Wildman–Crippen LogP) is 3.12. The van der Waals surface area contributed by atoms with Gasteiger partial charge < -0.3 is 5.11 Å². The van der Waals surface area contributed by atoms with Crippen molar-refractivity contribution in [3.63, 3.8) is 0 Å². The summed E-state index contributed by atoms with van der Waals surface area (Å²) in [5, 5.41) is 8.63. The first-order valence-corrected chi connectivity index (χ1v) is 4.28. The number of allylic oxidation sites excluding steroid dienone is 2. The minimum atomic E-state index is 0.322. The van der Waals surface area contributed by atoms with Crippen molar-refractivity contribution in [3.8, 4) is 5.75 Å². The number of aromatic hydroxyl groups is 1. The third-order valence-corrected chi connectivity index (χ3v) is 1.66. The van der Waals surface area contributed by atoms with E-state index in [1.165, 1.54) is 19.3 Å². The van der Waals surface area contributed by atoms with Crippen LogP contribution in [0.1, 0.15) is 19.3 Å². The molecule has 1 aliphatic rings. The van der Waals surface area contributed by atoms with E-state index in [0.29, 0.717) is 5.75 Å². The molecular weight excluding hydrogens is 148 g/mol. The van der Waals surface area contributed by atoms with Crippen molar-refractivity contribution in [2.45, 2.75) is 19.3 Å². The standard InChI is InChI=1S/C6H6O.C5H8/c7-6-4-2-1-3-5-6;1-2-4-5-3-1/h1-5,7H;1-2H,3-5H2. The molecule has 0 aromatic heterocycles. The largest absolute Gasteiger partial charge is 0.508 e. The number of phenols is 1. The monoisotopic (exact) mass is 162 g/mol. The van der Waals surface area contributed by atoms with Gasteiger partial charge >= 0.3 is 0 Å². The molecule has 1 N–H and O–H groups in total. The van der Waals surface area contributed by atoms with Crippen LogP contribution in [0.5, 0.6) is 5.75 Å². The van der Waals surface area contributed by atoms with E-state index in [4.69, 9.17) is 5.11 Å². The number of hydrogen-bond acceptors (Lipinski definition) is 1. The Morgan fingerprint density at radius 2 is 1.50 bits per heavy atom. The zero-order chi connectivity index (χ0) is 8.65. The molecule has 1 aromatic rings. The molecule has 1 heteroatoms. The quantitative estimate of drug-likeness (QED) is 0.581. The van der Waals surface area contributed by atoms with E-state index in [0.717, 1.165) is 0 Å². The van der Waals surface area contributed by atoms with E-state index in [1.807, 2.05) is 6.07 Å². The van der Waals surface area contributed by atoms with Gasteiger partial charge in [-0.2, -0.15) is 0 Å². The van der Waals surface area contributed by atoms with Crippen LogP contribution in [0.25, 0.3) is 0 Å². The number of phenolic OH excluding ortho intramolecular Hbond substituents is 1. The van der Waals surface area contributed by atoms with E-state index >= 15 is 0 Å². The Balaban J connectivity index is 0.000000127. The Kier molecular flexibility index (Phi) is 4.00. The summed E-state index contributed by atoms with van der Waals surface area (Å²) in [6.07, 6.45) is 8.50. The van der Waals surface area contributed by atoms with Crippen LogP contribution in [-0.2, 0) is 0 Å². The molecule has 0 spiro atoms. The van der Waals surface area contributed by atoms with Crippen LogP contribution in [0, 0.1) is 0 Å². The Bertz CT molecular complexity index is 220. The molecule has 0 radical (unpaired) electrons. The average Bonchev–Trinajstić information content (AvgIpc) is 2.62. The summed E-state index contributed by atoms with van der Waals surface area (Å²) in [6, 6.07) is 8.71. The fourth-order valence-electron chi connectivity index (χ4n) is 1.02. The fraction of sp³-hybridized carbons (Fsp3) is 0.273. The molecule has 0 amide bonds. The second-order valence-electron chi connectivity index (χ2n) is 2.74. The summed E-state index contributed by atoms with van der Waals surface area (Å²) in [4.78, 5) is 0. The smallest absolute Gasteiger partial charge is 0.115 e. The maximum absolute atomic E-state index is 8.63. The predicted molar refractivity (Wildman–Crippen MR) is 51.1 cm³/mol. The van der Waals surface area contributed by atoms with Gasteiger partial charge in [-0.3, -0.25) is 0 Å². The van der Waals surface area contributed by atoms with Crippen LogP contribution < -0.4 is 0 Å². The highest BCUT2D eigenvalue weighted by Gasteiger charge is 1.84. The maximum Gasteiger partial charge on any atom is 0.115 e. The minimum Gasteiger partial charge on any atom is -0.508 e. The van der Waals surface area contributed by atoms with Crippen LogP contribution in [0.4, 0.5) is 0 Å². The van der Waals surface area contributed by atoms with E-state index < -0.39 is 0 Å². The Morgan fingerprint density at radius 1 is 0.917 bits per heavy atom. The number of hydrogen-bond donors (Lipinski definition) is 1. The Morgan fingerprint density at radius 3 is 1.75 bits per heavy atom. The van der Waals surface area contributed by atoms with Gasteiger partial charge in [-0.05, 0) is 31.4 Å². The van der Waals surface area contributed by atoms with Gasteiger partial charge in [-0.1, -0.05) is 30.4 Å². The lowest BCUT2D eigenvalue weighted by atomic mass is 10.3. The van der Waals surface area contributed by atoms with Crippen LogP contribution in [0.2, 0.25) is 0 Å². The third-order valence-electron chi connectivity index (χ3n) is 1.66. The van der Waals surface area contributed by atoms with Gasteiger partial charge in [0.25, 0.3) is 0 Å². The summed E-state index contributed by atoms with van der Waals surface area (Å²) in [7, 11) is 0. The van der Waals surface area contributed by atoms with Crippen LogP contribution in [0.15, 0.2) is 42.5 Å². The molecule has 0 saturated heterocycles. The lowest BCUT2D eigenvalue weighted by molar-refractivity contribution is 0.475. The van der Waals surface area contributed by atoms with E-state index in [-0.39, 0.29) is 0 Å². The van der Waals surface area contributed by atoms with Gasteiger partial charge in [0.05, 0.1) is 0 Å². The first-order valence-electron chi connectivity index (χ1n) is 4.28. The summed E-state index contributed by atoms with van der Waals surface area (Å²) in [5.74, 6) is 0.322. The average molecular weight is 162 g/mol. The lowest BCUT2D eigenvalue weighted by Crippen LogP contribution is -1.56. The van der Waals surface area contributed by atoms with Gasteiger partial charge in [-0.25, -0.2) is 0 Å². The summed E-state index contributed by atoms with van der Waals surface area (Å²) < 4.78 is 0. The van der Waals surface area contributed by atoms with Crippen LogP contribution >= 0.6 is 0 Å². The zero-order valence-corrected chi connectivity index (χ0v) is 7.11. The third kappa shape index (κ3) is 3.81. The molecule has 1 nitrogen and oxygen atoms in total. The normalized spacial score (nSPS) is 13.7. The van der Waals surface area contributed by atoms with Gasteiger partial charge in [-0.15, -0.1) is 0 Å². The van der Waals surface area contributed by atoms with E-state index in [9.17, 15) is 0 Å². The molecule has 64 valence electrons. The highest BCUT2D eigenvalue weighted by molar-refractivity contribution is 5.18. The first kappa shape index (κ1) is 8.85. The first-order chi connectivity index (χ1) is 5.89. The van der Waals surface area contributed by atoms with Crippen LogP contribution in [0.3, 0.4) is 0 Å². The molecule has 0 unspecified atom stereocenters. The van der Waals surface area contributed by atoms with Crippen molar-refractivity contribution < 1.29 is 5.11 Å². The molecule has 2 rings (SSSR count). The van der Waals surface area contributed by atoms with Crippen LogP contribution in [-0.4, -0.2) is 5.11 Å². The van der Waals surface area contributed by atoms with Gasteiger partial charge in [0, 0.05) is 0 Å². The Hall–Kier alpha value is -1.24. The second kappa shape index (κ2) is 5.42. The van der Waals surface area contributed by atoms with Crippen molar-refractivity contribution in [1.82, 2.24) is 0 Å². The zero-order valence-electron chi connectivity index (χ0n) is 7.11. The molecule has 1 aromatic carbocycles. The summed E-state index contributed by atoms with van der Waals surface area (Å²) >= 11 is 0. The number of benzene rings is 1. The SMILES string of the molecule is C1=CCCC1.Oc1ccccc1. The number of para-hydroxylation sites is 1. The van der Waals surface area contributed by atoms with Gasteiger partial charge in [0.2, 0.25) is 0 Å². The molecule has 12 heavy (non-hydrogen) atoms. The highest BCUT2D eigenvalue weighted by atomic mass is 16.3. The van der Waals surface area contributed by atoms with E-state index in [2.05, 4.69) is 12.2 Å². The minimum absolute atomic E-state index is 0.322. The maximum atomic E-state index is 8.63. The van der Waals surface area contributed by atoms with Crippen molar-refractivity contribution >= 4 is 0 Å². The fourth-order valence-corrected chi connectivity index (χ4v) is 1.02. The topological polar surface area (TPSA) is 20.2 Å². The molecule has 0 saturated carbocycles. The molecule has 0 aliphatic heterocycles. The highest BCUT2D eigenvalue weighted by Crippen LogP contribution is 2.05. The van der Waals surface area contributed by atoms with Crippen molar-refractivity contribution in [3.05, 3.63) is 42.5 Å². The lowest BCUT2D eigenvalue weighted by Gasteiger charge is -1.82. The van der Waals surface area contributed by atoms with Crippen molar-refractivity contribution in [2.75, 3.05) is 0 Å². The Labute approximate surface area is 73.4 Å². The molecule has 0 bridgehead atoms. The summed E-state index contributed by atoms with van der Waals surface area (Å²) in [5.41, 5.74) is 0. The van der Waals surface area contributed by atoms with E-state index in [1.54, 1.807) is 24.3 Å². The molecule has 1 aliphatic carbocycles. The molecule has 0 fully saturated rings. The van der Waals surface area contributed by atoms with Gasteiger partial charge in [0.15, 0.2) is 0 Å². The van der Waals surface area contributed by atoms with Crippen molar-refractivity contribution in [1.29, 1.82) is 0 Å². The molecular formula is C11H14O. The van der Waals surface area contributed by atoms with Gasteiger partial charge in [0.1, 0.15) is 5.75 Å². The molecule has 0 atom stereocenters. The van der Waals surface area contributed by atoms with Crippen molar-refractivity contribution in [2.24, 2.45) is 0 Å². The summed E-state index contributed by atoms with van der Waals surface area (Å²) in [6.45, 7) is 0. The number of rotatable bonds is 0.